The summed E-state index contributed by atoms with van der Waals surface area (Å²) in [6, 6.07) is 0.958. The molecule has 0 radical (unpaired) electrons. The van der Waals surface area contributed by atoms with E-state index in [-0.39, 0.29) is 12.1 Å². The van der Waals surface area contributed by atoms with Crippen LogP contribution in [-0.2, 0) is 9.47 Å². The summed E-state index contributed by atoms with van der Waals surface area (Å²) in [7, 11) is 4.13. The van der Waals surface area contributed by atoms with Gasteiger partial charge in [0.05, 0.1) is 25.4 Å². The number of rotatable bonds is 6. The molecule has 2 heterocycles. The second-order valence-electron chi connectivity index (χ2n) is 7.47. The zero-order valence-electron chi connectivity index (χ0n) is 15.9. The third-order valence-electron chi connectivity index (χ3n) is 4.55. The summed E-state index contributed by atoms with van der Waals surface area (Å²) in [6.07, 6.45) is 3.24. The fourth-order valence-corrected chi connectivity index (χ4v) is 3.00. The van der Waals surface area contributed by atoms with Gasteiger partial charge in [0.15, 0.2) is 0 Å². The van der Waals surface area contributed by atoms with Crippen LogP contribution in [0, 0.1) is 0 Å². The van der Waals surface area contributed by atoms with Crippen molar-refractivity contribution < 1.29 is 13.9 Å². The number of halogens is 1. The van der Waals surface area contributed by atoms with Crippen LogP contribution in [0.5, 0.6) is 0 Å². The topological polar surface area (TPSA) is 24.9 Å². The number of hydrogen-bond donors (Lipinski definition) is 0. The van der Waals surface area contributed by atoms with Gasteiger partial charge in [-0.15, -0.1) is 0 Å². The van der Waals surface area contributed by atoms with Gasteiger partial charge < -0.3 is 14.4 Å². The molecule has 138 valence electrons. The number of ether oxygens (including phenoxy) is 2. The summed E-state index contributed by atoms with van der Waals surface area (Å²) in [5.74, 6) is 0. The van der Waals surface area contributed by atoms with Crippen LogP contribution in [0.25, 0.3) is 0 Å². The minimum Gasteiger partial charge on any atom is -0.377 e. The number of likely N-dealkylation sites (N-methyl/N-ethyl adjacent to an activating group) is 2. The lowest BCUT2D eigenvalue weighted by atomic mass is 10.2. The zero-order valence-corrected chi connectivity index (χ0v) is 15.9. The number of nitrogens with zero attached hydrogens (tertiary/aromatic N) is 2. The lowest BCUT2D eigenvalue weighted by molar-refractivity contribution is 0.0430. The maximum absolute atomic E-state index is 12.9. The highest BCUT2D eigenvalue weighted by molar-refractivity contribution is 4.82. The first-order valence-electron chi connectivity index (χ1n) is 9.07. The SMILES string of the molecule is CC(C)OCC1CC(F)CN1C.CC(C)OCC1CCCN1C. The Hall–Kier alpha value is -0.230. The predicted octanol–water partition coefficient (Wildman–Crippen LogP) is 2.96. The van der Waals surface area contributed by atoms with Gasteiger partial charge in [0.2, 0.25) is 0 Å². The highest BCUT2D eigenvalue weighted by atomic mass is 19.1. The van der Waals surface area contributed by atoms with Crippen LogP contribution in [0.15, 0.2) is 0 Å². The molecule has 2 fully saturated rings. The van der Waals surface area contributed by atoms with Crippen molar-refractivity contribution in [3.8, 4) is 0 Å². The standard InChI is InChI=1S/C9H18FNO.C9H19NO/c1-7(2)12-6-9-4-8(10)5-11(9)3;1-8(2)11-7-9-5-4-6-10(9)3/h7-9H,4-6H2,1-3H3;8-9H,4-7H2,1-3H3. The van der Waals surface area contributed by atoms with Crippen molar-refractivity contribution >= 4 is 0 Å². The Balaban J connectivity index is 0.000000231. The van der Waals surface area contributed by atoms with E-state index in [1.165, 1.54) is 19.4 Å². The zero-order chi connectivity index (χ0) is 17.4. The molecule has 3 unspecified atom stereocenters. The fraction of sp³-hybridized carbons (Fsp3) is 1.00. The second kappa shape index (κ2) is 10.6. The fourth-order valence-electron chi connectivity index (χ4n) is 3.00. The molecule has 2 saturated heterocycles. The van der Waals surface area contributed by atoms with Gasteiger partial charge in [-0.05, 0) is 67.6 Å². The molecule has 23 heavy (non-hydrogen) atoms. The molecule has 0 aromatic heterocycles. The highest BCUT2D eigenvalue weighted by Gasteiger charge is 2.29. The molecule has 0 aromatic rings. The van der Waals surface area contributed by atoms with Crippen LogP contribution >= 0.6 is 0 Å². The van der Waals surface area contributed by atoms with Crippen molar-refractivity contribution in [3.63, 3.8) is 0 Å². The average molecular weight is 333 g/mol. The van der Waals surface area contributed by atoms with Crippen LogP contribution in [-0.4, -0.2) is 80.7 Å². The van der Waals surface area contributed by atoms with Crippen molar-refractivity contribution in [3.05, 3.63) is 0 Å². The molecule has 3 atom stereocenters. The lowest BCUT2D eigenvalue weighted by Crippen LogP contribution is -2.30. The number of hydrogen-bond acceptors (Lipinski definition) is 4. The monoisotopic (exact) mass is 332 g/mol. The first-order valence-corrected chi connectivity index (χ1v) is 9.07. The molecule has 0 spiro atoms. The highest BCUT2D eigenvalue weighted by Crippen LogP contribution is 2.18. The Morgan fingerprint density at radius 1 is 0.957 bits per heavy atom. The molecule has 0 bridgehead atoms. The van der Waals surface area contributed by atoms with E-state index in [4.69, 9.17) is 9.47 Å². The third-order valence-corrected chi connectivity index (χ3v) is 4.55. The summed E-state index contributed by atoms with van der Waals surface area (Å²) in [5, 5.41) is 0. The van der Waals surface area contributed by atoms with Crippen LogP contribution in [0.1, 0.15) is 47.0 Å². The van der Waals surface area contributed by atoms with E-state index in [0.717, 1.165) is 6.61 Å². The van der Waals surface area contributed by atoms with E-state index < -0.39 is 6.17 Å². The Labute approximate surface area is 142 Å². The largest absolute Gasteiger partial charge is 0.377 e. The molecule has 0 saturated carbocycles. The molecule has 2 aliphatic rings. The third kappa shape index (κ3) is 8.43. The van der Waals surface area contributed by atoms with Gasteiger partial charge in [-0.2, -0.15) is 0 Å². The molecule has 0 aromatic carbocycles. The van der Waals surface area contributed by atoms with Crippen LogP contribution in [0.3, 0.4) is 0 Å². The summed E-state index contributed by atoms with van der Waals surface area (Å²) >= 11 is 0. The Kier molecular flexibility index (Phi) is 9.59. The quantitative estimate of drug-likeness (QED) is 0.747. The Morgan fingerprint density at radius 3 is 1.91 bits per heavy atom. The predicted molar refractivity (Wildman–Crippen MR) is 93.8 cm³/mol. The van der Waals surface area contributed by atoms with Crippen molar-refractivity contribution in [1.29, 1.82) is 0 Å². The van der Waals surface area contributed by atoms with Gasteiger partial charge in [0, 0.05) is 18.6 Å². The van der Waals surface area contributed by atoms with E-state index in [1.54, 1.807) is 0 Å². The first kappa shape index (κ1) is 20.8. The van der Waals surface area contributed by atoms with Crippen molar-refractivity contribution in [2.24, 2.45) is 0 Å². The minimum atomic E-state index is -0.657. The summed E-state index contributed by atoms with van der Waals surface area (Å²) in [6.45, 7) is 11.6. The van der Waals surface area contributed by atoms with Gasteiger partial charge in [-0.25, -0.2) is 4.39 Å². The maximum atomic E-state index is 12.9. The van der Waals surface area contributed by atoms with Crippen molar-refractivity contribution in [1.82, 2.24) is 9.80 Å². The van der Waals surface area contributed by atoms with Gasteiger partial charge in [-0.3, -0.25) is 4.90 Å². The average Bonchev–Trinajstić information content (AvgIpc) is 3.00. The normalized spacial score (nSPS) is 29.3. The van der Waals surface area contributed by atoms with Crippen LogP contribution in [0.2, 0.25) is 0 Å². The van der Waals surface area contributed by atoms with E-state index in [2.05, 4.69) is 25.8 Å². The van der Waals surface area contributed by atoms with E-state index in [0.29, 0.717) is 31.7 Å². The van der Waals surface area contributed by atoms with Crippen molar-refractivity contribution in [2.45, 2.75) is 77.4 Å². The second-order valence-corrected chi connectivity index (χ2v) is 7.47. The summed E-state index contributed by atoms with van der Waals surface area (Å²) < 4.78 is 23.8. The lowest BCUT2D eigenvalue weighted by Gasteiger charge is -2.20. The molecular weight excluding hydrogens is 295 g/mol. The van der Waals surface area contributed by atoms with Gasteiger partial charge in [0.1, 0.15) is 6.17 Å². The van der Waals surface area contributed by atoms with E-state index in [9.17, 15) is 4.39 Å². The molecule has 0 N–H and O–H groups in total. The molecular formula is C18H37FN2O2. The number of alkyl halides is 1. The smallest absolute Gasteiger partial charge is 0.114 e. The van der Waals surface area contributed by atoms with E-state index >= 15 is 0 Å². The van der Waals surface area contributed by atoms with Gasteiger partial charge >= 0.3 is 0 Å². The molecule has 4 nitrogen and oxygen atoms in total. The summed E-state index contributed by atoms with van der Waals surface area (Å²) in [4.78, 5) is 4.43. The van der Waals surface area contributed by atoms with Crippen LogP contribution in [0.4, 0.5) is 4.39 Å². The molecule has 2 rings (SSSR count). The minimum absolute atomic E-state index is 0.247. The molecule has 0 amide bonds. The van der Waals surface area contributed by atoms with Gasteiger partial charge in [-0.1, -0.05) is 0 Å². The van der Waals surface area contributed by atoms with Crippen molar-refractivity contribution in [2.75, 3.05) is 40.4 Å². The van der Waals surface area contributed by atoms with Gasteiger partial charge in [0.25, 0.3) is 0 Å². The molecule has 2 aliphatic heterocycles. The maximum Gasteiger partial charge on any atom is 0.114 e. The Morgan fingerprint density at radius 2 is 1.52 bits per heavy atom. The summed E-state index contributed by atoms with van der Waals surface area (Å²) in [5.41, 5.74) is 0. The van der Waals surface area contributed by atoms with E-state index in [1.807, 2.05) is 25.8 Å². The molecule has 5 heteroatoms. The van der Waals surface area contributed by atoms with Crippen LogP contribution < -0.4 is 0 Å². The molecule has 0 aliphatic carbocycles. The number of likely N-dealkylation sites (tertiary alicyclic amines) is 2. The first-order chi connectivity index (χ1) is 10.8. The Bertz CT molecular complexity index is 315.